The van der Waals surface area contributed by atoms with Crippen LogP contribution in [0.3, 0.4) is 0 Å². The number of nitrogens with zero attached hydrogens (tertiary/aromatic N) is 5. The number of rotatable bonds is 2. The highest BCUT2D eigenvalue weighted by atomic mass is 35.5. The van der Waals surface area contributed by atoms with Gasteiger partial charge in [-0.1, -0.05) is 25.4 Å². The van der Waals surface area contributed by atoms with Crippen molar-refractivity contribution in [3.8, 4) is 0 Å². The lowest BCUT2D eigenvalue weighted by molar-refractivity contribution is 0.222. The molecule has 0 radical (unpaired) electrons. The molecule has 1 fully saturated rings. The third kappa shape index (κ3) is 2.46. The van der Waals surface area contributed by atoms with Gasteiger partial charge in [0.25, 0.3) is 5.78 Å². The lowest BCUT2D eigenvalue weighted by atomic mass is 9.75. The van der Waals surface area contributed by atoms with Crippen molar-refractivity contribution >= 4 is 23.2 Å². The predicted molar refractivity (Wildman–Crippen MR) is 80.2 cm³/mol. The van der Waals surface area contributed by atoms with Crippen LogP contribution < -0.4 is 4.90 Å². The first-order chi connectivity index (χ1) is 9.46. The number of halogens is 1. The second kappa shape index (κ2) is 4.88. The van der Waals surface area contributed by atoms with Crippen LogP contribution >= 0.6 is 11.6 Å². The van der Waals surface area contributed by atoms with Gasteiger partial charge >= 0.3 is 0 Å². The Balaban J connectivity index is 1.89. The van der Waals surface area contributed by atoms with Crippen LogP contribution in [0.4, 0.5) is 5.82 Å². The summed E-state index contributed by atoms with van der Waals surface area (Å²) >= 11 is 6.09. The zero-order valence-electron chi connectivity index (χ0n) is 12.2. The fourth-order valence-corrected chi connectivity index (χ4v) is 3.15. The fraction of sp³-hybridized carbons (Fsp3) is 0.643. The second-order valence-corrected chi connectivity index (χ2v) is 6.80. The number of anilines is 1. The summed E-state index contributed by atoms with van der Waals surface area (Å²) in [5.41, 5.74) is 0.468. The molecule has 1 aliphatic carbocycles. The summed E-state index contributed by atoms with van der Waals surface area (Å²) in [6, 6.07) is 2.39. The van der Waals surface area contributed by atoms with E-state index in [2.05, 4.69) is 40.9 Å². The zero-order valence-corrected chi connectivity index (χ0v) is 12.9. The Hall–Kier alpha value is -1.36. The smallest absolute Gasteiger partial charge is 0.255 e. The molecule has 20 heavy (non-hydrogen) atoms. The standard InChI is InChI=1S/C14H20ClN5/c1-14(2)6-4-10(5-7-14)19(3)12-8-11(15)18-13-16-9-17-20(12)13/h8-10H,4-7H2,1-3H3. The molecular weight excluding hydrogens is 274 g/mol. The fourth-order valence-electron chi connectivity index (χ4n) is 2.98. The summed E-state index contributed by atoms with van der Waals surface area (Å²) in [6.07, 6.45) is 6.40. The van der Waals surface area contributed by atoms with Crippen molar-refractivity contribution in [1.29, 1.82) is 0 Å². The minimum Gasteiger partial charge on any atom is -0.356 e. The van der Waals surface area contributed by atoms with E-state index in [1.165, 1.54) is 32.0 Å². The molecule has 1 saturated carbocycles. The summed E-state index contributed by atoms with van der Waals surface area (Å²) in [5.74, 6) is 1.51. The predicted octanol–water partition coefficient (Wildman–Crippen LogP) is 3.18. The van der Waals surface area contributed by atoms with E-state index in [1.54, 1.807) is 4.52 Å². The molecular formula is C14H20ClN5. The Morgan fingerprint density at radius 2 is 2.05 bits per heavy atom. The SMILES string of the molecule is CN(c1cc(Cl)nc2ncnn12)C1CCC(C)(C)CC1. The van der Waals surface area contributed by atoms with Gasteiger partial charge in [-0.15, -0.1) is 0 Å². The average molecular weight is 294 g/mol. The molecule has 0 amide bonds. The Morgan fingerprint density at radius 1 is 1.35 bits per heavy atom. The highest BCUT2D eigenvalue weighted by Crippen LogP contribution is 2.37. The summed E-state index contributed by atoms with van der Waals surface area (Å²) in [6.45, 7) is 4.70. The molecule has 5 nitrogen and oxygen atoms in total. The topological polar surface area (TPSA) is 46.3 Å². The highest BCUT2D eigenvalue weighted by Gasteiger charge is 2.29. The first-order valence-corrected chi connectivity index (χ1v) is 7.43. The van der Waals surface area contributed by atoms with Crippen molar-refractivity contribution in [2.75, 3.05) is 11.9 Å². The molecule has 0 spiro atoms. The molecule has 2 heterocycles. The van der Waals surface area contributed by atoms with Crippen molar-refractivity contribution < 1.29 is 0 Å². The van der Waals surface area contributed by atoms with Crippen LogP contribution in [-0.4, -0.2) is 32.7 Å². The molecule has 6 heteroatoms. The van der Waals surface area contributed by atoms with Gasteiger partial charge in [0.1, 0.15) is 17.3 Å². The maximum atomic E-state index is 6.09. The first kappa shape index (κ1) is 13.6. The number of aromatic nitrogens is 4. The van der Waals surface area contributed by atoms with Crippen LogP contribution in [0.1, 0.15) is 39.5 Å². The third-order valence-corrected chi connectivity index (χ3v) is 4.61. The summed E-state index contributed by atoms with van der Waals surface area (Å²) in [5, 5.41) is 4.71. The highest BCUT2D eigenvalue weighted by molar-refractivity contribution is 6.29. The van der Waals surface area contributed by atoms with Crippen LogP contribution in [0.5, 0.6) is 0 Å². The number of fused-ring (bicyclic) bond motifs is 1. The molecule has 3 rings (SSSR count). The van der Waals surface area contributed by atoms with Gasteiger partial charge < -0.3 is 4.90 Å². The van der Waals surface area contributed by atoms with E-state index in [1.807, 2.05) is 6.07 Å². The minimum atomic E-state index is 0.462. The Labute approximate surface area is 124 Å². The van der Waals surface area contributed by atoms with Crippen LogP contribution in [0, 0.1) is 5.41 Å². The molecule has 2 aromatic rings. The lowest BCUT2D eigenvalue weighted by Crippen LogP contribution is -2.38. The van der Waals surface area contributed by atoms with E-state index >= 15 is 0 Å². The van der Waals surface area contributed by atoms with Gasteiger partial charge in [0.15, 0.2) is 0 Å². The van der Waals surface area contributed by atoms with Crippen molar-refractivity contribution in [2.45, 2.75) is 45.6 Å². The lowest BCUT2D eigenvalue weighted by Gasteiger charge is -2.39. The summed E-state index contributed by atoms with van der Waals surface area (Å²) in [7, 11) is 2.11. The zero-order chi connectivity index (χ0) is 14.3. The third-order valence-electron chi connectivity index (χ3n) is 4.42. The number of hydrogen-bond acceptors (Lipinski definition) is 4. The maximum Gasteiger partial charge on any atom is 0.255 e. The normalized spacial score (nSPS) is 19.4. The van der Waals surface area contributed by atoms with Gasteiger partial charge in [-0.3, -0.25) is 0 Å². The van der Waals surface area contributed by atoms with Crippen molar-refractivity contribution in [1.82, 2.24) is 19.6 Å². The molecule has 0 N–H and O–H groups in total. The van der Waals surface area contributed by atoms with Crippen molar-refractivity contribution in [3.63, 3.8) is 0 Å². The number of hydrogen-bond donors (Lipinski definition) is 0. The van der Waals surface area contributed by atoms with Gasteiger partial charge in [0.2, 0.25) is 0 Å². The minimum absolute atomic E-state index is 0.462. The summed E-state index contributed by atoms with van der Waals surface area (Å²) in [4.78, 5) is 10.6. The quantitative estimate of drug-likeness (QED) is 0.798. The van der Waals surface area contributed by atoms with Crippen LogP contribution in [-0.2, 0) is 0 Å². The van der Waals surface area contributed by atoms with E-state index in [4.69, 9.17) is 11.6 Å². The molecule has 1 aliphatic rings. The molecule has 0 bridgehead atoms. The molecule has 0 saturated heterocycles. The van der Waals surface area contributed by atoms with Gasteiger partial charge in [-0.2, -0.15) is 19.6 Å². The molecule has 108 valence electrons. The van der Waals surface area contributed by atoms with Crippen LogP contribution in [0.25, 0.3) is 5.78 Å². The van der Waals surface area contributed by atoms with E-state index < -0.39 is 0 Å². The maximum absolute atomic E-state index is 6.09. The second-order valence-electron chi connectivity index (χ2n) is 6.42. The van der Waals surface area contributed by atoms with E-state index in [-0.39, 0.29) is 0 Å². The van der Waals surface area contributed by atoms with Gasteiger partial charge in [0.05, 0.1) is 0 Å². The molecule has 0 atom stereocenters. The Bertz CT molecular complexity index is 611. The van der Waals surface area contributed by atoms with E-state index in [9.17, 15) is 0 Å². The van der Waals surface area contributed by atoms with Crippen molar-refractivity contribution in [3.05, 3.63) is 17.5 Å². The van der Waals surface area contributed by atoms with E-state index in [0.717, 1.165) is 5.82 Å². The monoisotopic (exact) mass is 293 g/mol. The average Bonchev–Trinajstić information content (AvgIpc) is 2.85. The first-order valence-electron chi connectivity index (χ1n) is 7.05. The summed E-state index contributed by atoms with van der Waals surface area (Å²) < 4.78 is 1.76. The largest absolute Gasteiger partial charge is 0.356 e. The Kier molecular flexibility index (Phi) is 3.32. The van der Waals surface area contributed by atoms with Gasteiger partial charge in [-0.25, -0.2) is 0 Å². The van der Waals surface area contributed by atoms with Crippen LogP contribution in [0.2, 0.25) is 5.15 Å². The molecule has 0 aromatic carbocycles. The molecule has 2 aromatic heterocycles. The van der Waals surface area contributed by atoms with Crippen molar-refractivity contribution in [2.24, 2.45) is 5.41 Å². The van der Waals surface area contributed by atoms with Gasteiger partial charge in [0, 0.05) is 19.2 Å². The van der Waals surface area contributed by atoms with Gasteiger partial charge in [-0.05, 0) is 31.1 Å². The Morgan fingerprint density at radius 3 is 2.75 bits per heavy atom. The van der Waals surface area contributed by atoms with Crippen LogP contribution in [0.15, 0.2) is 12.4 Å². The molecule has 0 aliphatic heterocycles. The molecule has 0 unspecified atom stereocenters. The van der Waals surface area contributed by atoms with E-state index in [0.29, 0.717) is 22.4 Å².